The summed E-state index contributed by atoms with van der Waals surface area (Å²) in [6.45, 7) is 0.890. The highest BCUT2D eigenvalue weighted by Gasteiger charge is 2.08. The van der Waals surface area contributed by atoms with Crippen molar-refractivity contribution in [3.8, 4) is 0 Å². The summed E-state index contributed by atoms with van der Waals surface area (Å²) < 4.78 is 15.2. The Balaban J connectivity index is 1.62. The zero-order valence-corrected chi connectivity index (χ0v) is 12.0. The first-order valence-electron chi connectivity index (χ1n) is 7.14. The van der Waals surface area contributed by atoms with E-state index in [1.54, 1.807) is 6.07 Å². The number of nitrogens with zero attached hydrogens (tertiary/aromatic N) is 2. The monoisotopic (exact) mass is 283 g/mol. The second-order valence-corrected chi connectivity index (χ2v) is 5.12. The lowest BCUT2D eigenvalue weighted by Crippen LogP contribution is -2.05. The molecule has 0 saturated heterocycles. The van der Waals surface area contributed by atoms with Gasteiger partial charge in [-0.1, -0.05) is 18.2 Å². The average molecular weight is 283 g/mol. The number of anilines is 1. The number of hydrogen-bond acceptors (Lipinski definition) is 2. The first-order chi connectivity index (χ1) is 10.2. The number of halogens is 1. The predicted molar refractivity (Wildman–Crippen MR) is 83.9 cm³/mol. The molecule has 21 heavy (non-hydrogen) atoms. The molecular formula is C17H18FN3. The van der Waals surface area contributed by atoms with Crippen LogP contribution in [0.1, 0.15) is 12.2 Å². The van der Waals surface area contributed by atoms with E-state index in [0.717, 1.165) is 41.9 Å². The van der Waals surface area contributed by atoms with Crippen molar-refractivity contribution in [2.24, 2.45) is 7.05 Å². The molecule has 108 valence electrons. The summed E-state index contributed by atoms with van der Waals surface area (Å²) in [4.78, 5) is 4.57. The molecule has 1 heterocycles. The zero-order chi connectivity index (χ0) is 14.7. The molecule has 0 bridgehead atoms. The third-order valence-electron chi connectivity index (χ3n) is 3.62. The van der Waals surface area contributed by atoms with Crippen molar-refractivity contribution < 1.29 is 4.39 Å². The van der Waals surface area contributed by atoms with Crippen molar-refractivity contribution in [3.05, 3.63) is 60.2 Å². The van der Waals surface area contributed by atoms with Gasteiger partial charge >= 0.3 is 0 Å². The molecule has 0 unspecified atom stereocenters. The Kier molecular flexibility index (Phi) is 3.86. The van der Waals surface area contributed by atoms with Crippen LogP contribution in [0.3, 0.4) is 0 Å². The van der Waals surface area contributed by atoms with Gasteiger partial charge in [0.15, 0.2) is 0 Å². The zero-order valence-electron chi connectivity index (χ0n) is 12.0. The third-order valence-corrected chi connectivity index (χ3v) is 3.62. The quantitative estimate of drug-likeness (QED) is 0.723. The van der Waals surface area contributed by atoms with Gasteiger partial charge in [-0.2, -0.15) is 0 Å². The second-order valence-electron chi connectivity index (χ2n) is 5.12. The van der Waals surface area contributed by atoms with E-state index in [0.29, 0.717) is 0 Å². The molecular weight excluding hydrogens is 265 g/mol. The third kappa shape index (κ3) is 3.05. The minimum Gasteiger partial charge on any atom is -0.385 e. The Morgan fingerprint density at radius 1 is 1.14 bits per heavy atom. The summed E-state index contributed by atoms with van der Waals surface area (Å²) >= 11 is 0. The lowest BCUT2D eigenvalue weighted by molar-refractivity contribution is 0.628. The number of aryl methyl sites for hydroxylation is 2. The minimum atomic E-state index is -0.220. The van der Waals surface area contributed by atoms with E-state index in [9.17, 15) is 4.39 Å². The number of nitrogens with one attached hydrogen (secondary N) is 1. The van der Waals surface area contributed by atoms with Crippen LogP contribution in [0.25, 0.3) is 11.0 Å². The van der Waals surface area contributed by atoms with E-state index in [1.165, 1.54) is 12.1 Å². The smallest absolute Gasteiger partial charge is 0.125 e. The number of rotatable bonds is 5. The largest absolute Gasteiger partial charge is 0.385 e. The second kappa shape index (κ2) is 5.95. The van der Waals surface area contributed by atoms with E-state index in [-0.39, 0.29) is 5.82 Å². The molecule has 2 aromatic carbocycles. The lowest BCUT2D eigenvalue weighted by Gasteiger charge is -2.06. The van der Waals surface area contributed by atoms with Gasteiger partial charge in [-0.05, 0) is 36.8 Å². The van der Waals surface area contributed by atoms with Crippen LogP contribution in [0.4, 0.5) is 10.1 Å². The van der Waals surface area contributed by atoms with Gasteiger partial charge < -0.3 is 9.88 Å². The summed E-state index contributed by atoms with van der Waals surface area (Å²) in [5, 5.41) is 3.38. The van der Waals surface area contributed by atoms with E-state index < -0.39 is 0 Å². The Labute approximate surface area is 123 Å². The highest BCUT2D eigenvalue weighted by molar-refractivity contribution is 5.75. The Hall–Kier alpha value is -2.36. The van der Waals surface area contributed by atoms with Crippen LogP contribution >= 0.6 is 0 Å². The van der Waals surface area contributed by atoms with E-state index in [1.807, 2.05) is 29.8 Å². The summed E-state index contributed by atoms with van der Waals surface area (Å²) in [5.41, 5.74) is 2.83. The van der Waals surface area contributed by atoms with Crippen molar-refractivity contribution >= 4 is 16.7 Å². The molecule has 1 N–H and O–H groups in total. The Morgan fingerprint density at radius 3 is 2.76 bits per heavy atom. The molecule has 4 heteroatoms. The summed E-state index contributed by atoms with van der Waals surface area (Å²) in [7, 11) is 1.94. The summed E-state index contributed by atoms with van der Waals surface area (Å²) in [6.07, 6.45) is 1.85. The normalized spacial score (nSPS) is 11.0. The minimum absolute atomic E-state index is 0.220. The van der Waals surface area contributed by atoms with Crippen molar-refractivity contribution in [1.29, 1.82) is 0 Å². The highest BCUT2D eigenvalue weighted by atomic mass is 19.1. The molecule has 3 nitrogen and oxygen atoms in total. The highest BCUT2D eigenvalue weighted by Crippen LogP contribution is 2.17. The summed E-state index contributed by atoms with van der Waals surface area (Å²) in [6, 6.07) is 14.9. The number of benzene rings is 2. The molecule has 0 aliphatic heterocycles. The van der Waals surface area contributed by atoms with E-state index in [2.05, 4.69) is 22.4 Å². The first kappa shape index (κ1) is 13.6. The van der Waals surface area contributed by atoms with Crippen LogP contribution in [-0.4, -0.2) is 16.1 Å². The Morgan fingerprint density at radius 2 is 1.95 bits per heavy atom. The van der Waals surface area contributed by atoms with E-state index >= 15 is 0 Å². The molecule has 0 atom stereocenters. The molecule has 0 aliphatic rings. The standard InChI is InChI=1S/C17H18FN3/c1-21-16-12-13(18)9-10-15(16)20-17(21)8-5-11-19-14-6-3-2-4-7-14/h2-4,6-7,9-10,12,19H,5,8,11H2,1H3. The van der Waals surface area contributed by atoms with Gasteiger partial charge in [-0.25, -0.2) is 9.37 Å². The fourth-order valence-electron chi connectivity index (χ4n) is 2.47. The fraction of sp³-hybridized carbons (Fsp3) is 0.235. The molecule has 0 amide bonds. The number of para-hydroxylation sites is 1. The topological polar surface area (TPSA) is 29.9 Å². The molecule has 3 rings (SSSR count). The number of imidazole rings is 1. The van der Waals surface area contributed by atoms with Crippen molar-refractivity contribution in [2.75, 3.05) is 11.9 Å². The van der Waals surface area contributed by atoms with Crippen molar-refractivity contribution in [1.82, 2.24) is 9.55 Å². The number of aromatic nitrogens is 2. The maximum absolute atomic E-state index is 13.3. The maximum atomic E-state index is 13.3. The molecule has 0 fully saturated rings. The van der Waals surface area contributed by atoms with Gasteiger partial charge in [0.25, 0.3) is 0 Å². The number of fused-ring (bicyclic) bond motifs is 1. The molecule has 0 radical (unpaired) electrons. The molecule has 0 spiro atoms. The predicted octanol–water partition coefficient (Wildman–Crippen LogP) is 3.76. The molecule has 0 aliphatic carbocycles. The van der Waals surface area contributed by atoms with Crippen LogP contribution in [0.5, 0.6) is 0 Å². The molecule has 1 aromatic heterocycles. The lowest BCUT2D eigenvalue weighted by atomic mass is 10.2. The SMILES string of the molecule is Cn1c(CCCNc2ccccc2)nc2ccc(F)cc21. The van der Waals surface area contributed by atoms with Crippen molar-refractivity contribution in [3.63, 3.8) is 0 Å². The summed E-state index contributed by atoms with van der Waals surface area (Å²) in [5.74, 6) is 0.772. The van der Waals surface area contributed by atoms with E-state index in [4.69, 9.17) is 0 Å². The van der Waals surface area contributed by atoms with Gasteiger partial charge in [0, 0.05) is 25.7 Å². The van der Waals surface area contributed by atoms with Crippen LogP contribution < -0.4 is 5.32 Å². The molecule has 0 saturated carbocycles. The van der Waals surface area contributed by atoms with Gasteiger partial charge in [-0.3, -0.25) is 0 Å². The van der Waals surface area contributed by atoms with Gasteiger partial charge in [-0.15, -0.1) is 0 Å². The average Bonchev–Trinajstić information content (AvgIpc) is 2.81. The number of hydrogen-bond donors (Lipinski definition) is 1. The van der Waals surface area contributed by atoms with Gasteiger partial charge in [0.05, 0.1) is 11.0 Å². The molecule has 3 aromatic rings. The maximum Gasteiger partial charge on any atom is 0.125 e. The van der Waals surface area contributed by atoms with Crippen LogP contribution in [0, 0.1) is 5.82 Å². The first-order valence-corrected chi connectivity index (χ1v) is 7.14. The Bertz CT molecular complexity index is 734. The van der Waals surface area contributed by atoms with Crippen molar-refractivity contribution in [2.45, 2.75) is 12.8 Å². The van der Waals surface area contributed by atoms with Gasteiger partial charge in [0.1, 0.15) is 11.6 Å². The fourth-order valence-corrected chi connectivity index (χ4v) is 2.47. The van der Waals surface area contributed by atoms with Gasteiger partial charge in [0.2, 0.25) is 0 Å². The van der Waals surface area contributed by atoms with Crippen LogP contribution in [0.2, 0.25) is 0 Å². The van der Waals surface area contributed by atoms with Crippen LogP contribution in [-0.2, 0) is 13.5 Å². The van der Waals surface area contributed by atoms with Crippen LogP contribution in [0.15, 0.2) is 48.5 Å².